The van der Waals surface area contributed by atoms with E-state index in [9.17, 15) is 4.79 Å². The molecule has 4 heteroatoms. The molecule has 2 saturated heterocycles. The summed E-state index contributed by atoms with van der Waals surface area (Å²) in [7, 11) is 0. The van der Waals surface area contributed by atoms with E-state index in [0.717, 1.165) is 45.4 Å². The molecule has 1 spiro atoms. The highest BCUT2D eigenvalue weighted by Gasteiger charge is 2.43. The van der Waals surface area contributed by atoms with Gasteiger partial charge in [-0.05, 0) is 53.7 Å². The number of nitrogens with zero attached hydrogens (tertiary/aromatic N) is 1. The molecule has 1 aromatic heterocycles. The summed E-state index contributed by atoms with van der Waals surface area (Å²) in [5, 5.41) is 6.93. The van der Waals surface area contributed by atoms with Gasteiger partial charge >= 0.3 is 0 Å². The van der Waals surface area contributed by atoms with Crippen molar-refractivity contribution in [2.45, 2.75) is 25.8 Å². The zero-order chi connectivity index (χ0) is 14.3. The predicted molar refractivity (Wildman–Crippen MR) is 86.4 cm³/mol. The van der Waals surface area contributed by atoms with Crippen molar-refractivity contribution in [3.63, 3.8) is 0 Å². The molecule has 0 aliphatic carbocycles. The number of amides is 1. The number of benzene rings is 1. The third kappa shape index (κ3) is 2.36. The van der Waals surface area contributed by atoms with Crippen LogP contribution in [0.2, 0.25) is 0 Å². The summed E-state index contributed by atoms with van der Waals surface area (Å²) in [4.78, 5) is 14.5. The summed E-state index contributed by atoms with van der Waals surface area (Å²) in [6, 6.07) is 8.48. The maximum atomic E-state index is 12.4. The molecule has 1 aromatic carbocycles. The molecular weight excluding hydrogens is 280 g/mol. The third-order valence-corrected chi connectivity index (χ3v) is 6.00. The van der Waals surface area contributed by atoms with Crippen LogP contribution in [0.15, 0.2) is 29.6 Å². The Labute approximate surface area is 128 Å². The Morgan fingerprint density at radius 3 is 2.90 bits per heavy atom. The van der Waals surface area contributed by atoms with E-state index in [1.807, 2.05) is 0 Å². The van der Waals surface area contributed by atoms with Crippen LogP contribution in [0.3, 0.4) is 0 Å². The first kappa shape index (κ1) is 13.3. The predicted octanol–water partition coefficient (Wildman–Crippen LogP) is 3.00. The molecule has 110 valence electrons. The molecule has 1 amide bonds. The molecule has 0 atom stereocenters. The summed E-state index contributed by atoms with van der Waals surface area (Å²) < 4.78 is 1.32. The van der Waals surface area contributed by atoms with Crippen molar-refractivity contribution in [3.8, 4) is 0 Å². The van der Waals surface area contributed by atoms with Crippen molar-refractivity contribution in [2.75, 3.05) is 19.6 Å². The largest absolute Gasteiger partial charge is 0.338 e. The van der Waals surface area contributed by atoms with Gasteiger partial charge in [0.2, 0.25) is 5.91 Å². The van der Waals surface area contributed by atoms with Crippen LogP contribution in [0.1, 0.15) is 24.8 Å². The normalized spacial score (nSPS) is 21.5. The Balaban J connectivity index is 1.56. The van der Waals surface area contributed by atoms with Crippen LogP contribution in [0.5, 0.6) is 0 Å². The lowest BCUT2D eigenvalue weighted by Crippen LogP contribution is -2.38. The average Bonchev–Trinajstić information content (AvgIpc) is 3.03. The van der Waals surface area contributed by atoms with E-state index in [-0.39, 0.29) is 5.41 Å². The summed E-state index contributed by atoms with van der Waals surface area (Å²) >= 11 is 1.78. The minimum absolute atomic E-state index is 0.244. The molecular formula is C17H20N2OS. The first-order valence-electron chi connectivity index (χ1n) is 7.69. The van der Waals surface area contributed by atoms with Crippen molar-refractivity contribution in [2.24, 2.45) is 5.41 Å². The summed E-state index contributed by atoms with van der Waals surface area (Å²) in [6.07, 6.45) is 3.02. The van der Waals surface area contributed by atoms with E-state index < -0.39 is 0 Å². The fourth-order valence-corrected chi connectivity index (χ4v) is 4.73. The molecule has 0 bridgehead atoms. The molecule has 4 rings (SSSR count). The molecule has 1 N–H and O–H groups in total. The van der Waals surface area contributed by atoms with E-state index in [1.165, 1.54) is 15.6 Å². The molecule has 3 heterocycles. The quantitative estimate of drug-likeness (QED) is 0.924. The highest BCUT2D eigenvalue weighted by molar-refractivity contribution is 7.17. The van der Waals surface area contributed by atoms with Crippen molar-refractivity contribution in [1.29, 1.82) is 0 Å². The average molecular weight is 300 g/mol. The van der Waals surface area contributed by atoms with E-state index in [1.54, 1.807) is 11.3 Å². The van der Waals surface area contributed by atoms with E-state index >= 15 is 0 Å². The van der Waals surface area contributed by atoms with Gasteiger partial charge in [-0.3, -0.25) is 4.79 Å². The van der Waals surface area contributed by atoms with Crippen LogP contribution < -0.4 is 5.32 Å². The topological polar surface area (TPSA) is 32.3 Å². The standard InChI is InChI=1S/C17H20N2OS/c20-16-9-17(5-7-18-8-6-17)12-19(16)10-13-11-21-15-4-2-1-3-14(13)15/h1-4,11,18H,5-10,12H2. The number of likely N-dealkylation sites (tertiary alicyclic amines) is 1. The first-order valence-corrected chi connectivity index (χ1v) is 8.57. The van der Waals surface area contributed by atoms with Crippen LogP contribution in [0.4, 0.5) is 0 Å². The molecule has 21 heavy (non-hydrogen) atoms. The summed E-state index contributed by atoms with van der Waals surface area (Å²) in [5.41, 5.74) is 1.55. The second kappa shape index (κ2) is 5.11. The number of carbonyl (C=O) groups is 1. The van der Waals surface area contributed by atoms with Gasteiger partial charge in [0.15, 0.2) is 0 Å². The van der Waals surface area contributed by atoms with Gasteiger partial charge < -0.3 is 10.2 Å². The van der Waals surface area contributed by atoms with Gasteiger partial charge in [-0.1, -0.05) is 18.2 Å². The second-order valence-corrected chi connectivity index (χ2v) is 7.34. The number of piperidine rings is 1. The summed E-state index contributed by atoms with van der Waals surface area (Å²) in [6.45, 7) is 3.83. The Bertz CT molecular complexity index is 672. The molecule has 0 unspecified atom stereocenters. The fraction of sp³-hybridized carbons (Fsp3) is 0.471. The molecule has 2 aliphatic heterocycles. The zero-order valence-electron chi connectivity index (χ0n) is 12.1. The maximum absolute atomic E-state index is 12.4. The molecule has 0 radical (unpaired) electrons. The van der Waals surface area contributed by atoms with Crippen LogP contribution >= 0.6 is 11.3 Å². The van der Waals surface area contributed by atoms with Crippen LogP contribution in [0.25, 0.3) is 10.1 Å². The molecule has 0 saturated carbocycles. The number of hydrogen-bond acceptors (Lipinski definition) is 3. The number of carbonyl (C=O) groups excluding carboxylic acids is 1. The molecule has 3 nitrogen and oxygen atoms in total. The van der Waals surface area contributed by atoms with Gasteiger partial charge in [0.1, 0.15) is 0 Å². The van der Waals surface area contributed by atoms with E-state index in [2.05, 4.69) is 39.9 Å². The fourth-order valence-electron chi connectivity index (χ4n) is 3.78. The SMILES string of the molecule is O=C1CC2(CCNCC2)CN1Cc1csc2ccccc12. The van der Waals surface area contributed by atoms with Gasteiger partial charge in [-0.25, -0.2) is 0 Å². The minimum Gasteiger partial charge on any atom is -0.338 e. The Kier molecular flexibility index (Phi) is 3.23. The number of nitrogens with one attached hydrogen (secondary N) is 1. The number of fused-ring (bicyclic) bond motifs is 1. The minimum atomic E-state index is 0.244. The van der Waals surface area contributed by atoms with Crippen molar-refractivity contribution in [1.82, 2.24) is 10.2 Å². The third-order valence-electron chi connectivity index (χ3n) is 4.99. The number of thiophene rings is 1. The Morgan fingerprint density at radius 2 is 2.05 bits per heavy atom. The maximum Gasteiger partial charge on any atom is 0.223 e. The lowest BCUT2D eigenvalue weighted by molar-refractivity contribution is -0.128. The molecule has 2 aliphatic rings. The lowest BCUT2D eigenvalue weighted by atomic mass is 9.78. The second-order valence-electron chi connectivity index (χ2n) is 6.43. The summed E-state index contributed by atoms with van der Waals surface area (Å²) in [5.74, 6) is 0.340. The van der Waals surface area contributed by atoms with Gasteiger partial charge in [0.05, 0.1) is 0 Å². The number of rotatable bonds is 2. The van der Waals surface area contributed by atoms with Crippen LogP contribution in [0, 0.1) is 5.41 Å². The van der Waals surface area contributed by atoms with Gasteiger partial charge in [0.25, 0.3) is 0 Å². The highest BCUT2D eigenvalue weighted by atomic mass is 32.1. The van der Waals surface area contributed by atoms with Crippen molar-refractivity contribution < 1.29 is 4.79 Å². The Hall–Kier alpha value is -1.39. The monoisotopic (exact) mass is 300 g/mol. The van der Waals surface area contributed by atoms with Gasteiger partial charge in [0, 0.05) is 24.2 Å². The van der Waals surface area contributed by atoms with Crippen LogP contribution in [-0.2, 0) is 11.3 Å². The molecule has 2 fully saturated rings. The van der Waals surface area contributed by atoms with Crippen molar-refractivity contribution >= 4 is 27.3 Å². The Morgan fingerprint density at radius 1 is 1.24 bits per heavy atom. The number of hydrogen-bond donors (Lipinski definition) is 1. The van der Waals surface area contributed by atoms with E-state index in [4.69, 9.17) is 0 Å². The highest BCUT2D eigenvalue weighted by Crippen LogP contribution is 2.40. The van der Waals surface area contributed by atoms with Crippen LogP contribution in [-0.4, -0.2) is 30.4 Å². The van der Waals surface area contributed by atoms with Crippen molar-refractivity contribution in [3.05, 3.63) is 35.2 Å². The zero-order valence-corrected chi connectivity index (χ0v) is 12.9. The smallest absolute Gasteiger partial charge is 0.223 e. The van der Waals surface area contributed by atoms with Gasteiger partial charge in [-0.15, -0.1) is 11.3 Å². The van der Waals surface area contributed by atoms with Gasteiger partial charge in [-0.2, -0.15) is 0 Å². The molecule has 2 aromatic rings. The first-order chi connectivity index (χ1) is 10.3. The van der Waals surface area contributed by atoms with E-state index in [0.29, 0.717) is 5.91 Å². The lowest BCUT2D eigenvalue weighted by Gasteiger charge is -2.33.